The summed E-state index contributed by atoms with van der Waals surface area (Å²) in [6.07, 6.45) is -1.38. The molecule has 0 amide bonds. The van der Waals surface area contributed by atoms with Crippen LogP contribution in [0.5, 0.6) is 0 Å². The molecule has 5 atom stereocenters. The van der Waals surface area contributed by atoms with E-state index in [1.54, 1.807) is 0 Å². The van der Waals surface area contributed by atoms with E-state index in [9.17, 15) is 9.90 Å². The van der Waals surface area contributed by atoms with Crippen LogP contribution < -0.4 is 0 Å². The maximum absolute atomic E-state index is 12.2. The first-order valence-corrected chi connectivity index (χ1v) is 9.74. The lowest BCUT2D eigenvalue weighted by Gasteiger charge is -2.42. The van der Waals surface area contributed by atoms with Gasteiger partial charge in [0.2, 0.25) is 0 Å². The quantitative estimate of drug-likeness (QED) is 0.469. The summed E-state index contributed by atoms with van der Waals surface area (Å²) in [5, 5.41) is 9.96. The lowest BCUT2D eigenvalue weighted by molar-refractivity contribution is -0.156. The van der Waals surface area contributed by atoms with Crippen molar-refractivity contribution in [3.05, 3.63) is 0 Å². The Morgan fingerprint density at radius 2 is 2.05 bits per heavy atom. The topological polar surface area (TPSA) is 68.3 Å². The highest BCUT2D eigenvalue weighted by Crippen LogP contribution is 2.54. The average molecular weight is 286 g/mol. The lowest BCUT2D eigenvalue weighted by atomic mass is 9.84. The van der Waals surface area contributed by atoms with Crippen LogP contribution in [0.25, 0.3) is 0 Å². The Bertz CT molecular complexity index is 429. The Morgan fingerprint density at radius 1 is 1.42 bits per heavy atom. The predicted octanol–water partition coefficient (Wildman–Crippen LogP) is 1.20. The fourth-order valence-electron chi connectivity index (χ4n) is 2.80. The van der Waals surface area contributed by atoms with Crippen molar-refractivity contribution < 1.29 is 23.8 Å². The van der Waals surface area contributed by atoms with Gasteiger partial charge in [-0.25, -0.2) is 4.79 Å². The molecule has 2 heterocycles. The summed E-state index contributed by atoms with van der Waals surface area (Å²) in [4.78, 5) is 12.2. The molecule has 0 aromatic carbocycles. The van der Waals surface area contributed by atoms with E-state index in [-0.39, 0.29) is 23.2 Å². The number of hydrogen-bond donors (Lipinski definition) is 1. The smallest absolute Gasteiger partial charge is 0.340 e. The third-order valence-electron chi connectivity index (χ3n) is 5.05. The zero-order valence-corrected chi connectivity index (χ0v) is 13.1. The van der Waals surface area contributed by atoms with E-state index in [0.717, 1.165) is 0 Å². The van der Waals surface area contributed by atoms with Crippen LogP contribution in [0.3, 0.4) is 0 Å². The van der Waals surface area contributed by atoms with Crippen LogP contribution in [0.4, 0.5) is 0 Å². The van der Waals surface area contributed by atoms with Crippen molar-refractivity contribution in [3.63, 3.8) is 0 Å². The second kappa shape index (κ2) is 3.61. The highest BCUT2D eigenvalue weighted by molar-refractivity contribution is 6.74. The number of aliphatic hydroxyl groups is 1. The minimum absolute atomic E-state index is 0.0145. The van der Waals surface area contributed by atoms with Crippen molar-refractivity contribution in [1.82, 2.24) is 0 Å². The van der Waals surface area contributed by atoms with E-state index in [1.807, 2.05) is 0 Å². The summed E-state index contributed by atoms with van der Waals surface area (Å²) in [5.41, 5.74) is -0.975. The lowest BCUT2D eigenvalue weighted by Crippen LogP contribution is -2.57. The van der Waals surface area contributed by atoms with Crippen molar-refractivity contribution in [2.75, 3.05) is 0 Å². The minimum Gasteiger partial charge on any atom is -0.457 e. The summed E-state index contributed by atoms with van der Waals surface area (Å²) in [6.45, 7) is 10.6. The molecule has 3 aliphatic rings. The van der Waals surface area contributed by atoms with Gasteiger partial charge in [0.05, 0.1) is 0 Å². The van der Waals surface area contributed by atoms with E-state index in [1.165, 1.54) is 0 Å². The number of carbonyl (C=O) groups is 1. The second-order valence-electron chi connectivity index (χ2n) is 7.41. The number of fused-ring (bicyclic) bond motifs is 4. The maximum Gasteiger partial charge on any atom is 0.340 e. The molecule has 1 aliphatic carbocycles. The number of carbonyl (C=O) groups excluding carboxylic acids is 1. The monoisotopic (exact) mass is 286 g/mol. The van der Waals surface area contributed by atoms with Crippen LogP contribution in [0.15, 0.2) is 0 Å². The molecule has 0 spiro atoms. The summed E-state index contributed by atoms with van der Waals surface area (Å²) in [6, 6.07) is 0. The van der Waals surface area contributed by atoms with Crippen LogP contribution in [-0.2, 0) is 18.7 Å². The third kappa shape index (κ3) is 1.73. The third-order valence-corrected chi connectivity index (χ3v) is 9.54. The summed E-state index contributed by atoms with van der Waals surface area (Å²) < 4.78 is 17.2. The number of aliphatic hydroxyl groups excluding tert-OH is 1. The zero-order chi connectivity index (χ0) is 14.2. The molecule has 3 fully saturated rings. The molecule has 0 aromatic heterocycles. The Kier molecular flexibility index (Phi) is 2.57. The zero-order valence-electron chi connectivity index (χ0n) is 12.1. The van der Waals surface area contributed by atoms with Gasteiger partial charge in [0, 0.05) is 6.42 Å². The molecule has 5 nitrogen and oxygen atoms in total. The van der Waals surface area contributed by atoms with Gasteiger partial charge in [0.15, 0.2) is 13.9 Å². The van der Waals surface area contributed by atoms with E-state index < -0.39 is 26.1 Å². The molecule has 19 heavy (non-hydrogen) atoms. The molecule has 2 bridgehead atoms. The SMILES string of the molecule is CC(C)(C)[Si](C)(C)O[C@@]12C[C@@H](OC1=O)[C@H](O)[C@@H]1O[C@@H]12. The molecule has 108 valence electrons. The average Bonchev–Trinajstić information content (AvgIpc) is 2.98. The van der Waals surface area contributed by atoms with Crippen molar-refractivity contribution >= 4 is 14.3 Å². The highest BCUT2D eigenvalue weighted by atomic mass is 28.4. The Balaban J connectivity index is 1.90. The van der Waals surface area contributed by atoms with Crippen molar-refractivity contribution in [2.45, 2.75) is 75.3 Å². The molecule has 2 saturated heterocycles. The molecule has 0 radical (unpaired) electrons. The molecule has 1 N–H and O–H groups in total. The van der Waals surface area contributed by atoms with Gasteiger partial charge in [0.1, 0.15) is 24.4 Å². The van der Waals surface area contributed by atoms with Gasteiger partial charge in [0.25, 0.3) is 0 Å². The molecule has 0 unspecified atom stereocenters. The van der Waals surface area contributed by atoms with Crippen LogP contribution >= 0.6 is 0 Å². The predicted molar refractivity (Wildman–Crippen MR) is 70.2 cm³/mol. The molecular weight excluding hydrogens is 264 g/mol. The number of esters is 1. The molecule has 2 aliphatic heterocycles. The summed E-state index contributed by atoms with van der Waals surface area (Å²) in [7, 11) is -2.10. The largest absolute Gasteiger partial charge is 0.457 e. The fraction of sp³-hybridized carbons (Fsp3) is 0.923. The van der Waals surface area contributed by atoms with Gasteiger partial charge < -0.3 is 19.0 Å². The molecule has 6 heteroatoms. The molecular formula is C13H22O5Si. The highest BCUT2D eigenvalue weighted by Gasteiger charge is 2.74. The van der Waals surface area contributed by atoms with E-state index in [4.69, 9.17) is 13.9 Å². The second-order valence-corrected chi connectivity index (χ2v) is 12.1. The van der Waals surface area contributed by atoms with E-state index in [2.05, 4.69) is 33.9 Å². The van der Waals surface area contributed by atoms with Crippen molar-refractivity contribution in [3.8, 4) is 0 Å². The van der Waals surface area contributed by atoms with E-state index in [0.29, 0.717) is 6.42 Å². The van der Waals surface area contributed by atoms with Gasteiger partial charge in [-0.15, -0.1) is 0 Å². The molecule has 1 saturated carbocycles. The van der Waals surface area contributed by atoms with Gasteiger partial charge in [-0.1, -0.05) is 20.8 Å². The van der Waals surface area contributed by atoms with Crippen molar-refractivity contribution in [1.29, 1.82) is 0 Å². The van der Waals surface area contributed by atoms with Crippen LogP contribution in [0.1, 0.15) is 27.2 Å². The summed E-state index contributed by atoms with van der Waals surface area (Å²) >= 11 is 0. The van der Waals surface area contributed by atoms with Crippen LogP contribution in [0, 0.1) is 0 Å². The Hall–Kier alpha value is -0.433. The van der Waals surface area contributed by atoms with Gasteiger partial charge in [-0.2, -0.15) is 0 Å². The molecule has 0 aromatic rings. The Morgan fingerprint density at radius 3 is 2.63 bits per heavy atom. The Labute approximate surface area is 114 Å². The van der Waals surface area contributed by atoms with Gasteiger partial charge >= 0.3 is 5.97 Å². The fourth-order valence-corrected chi connectivity index (χ4v) is 4.30. The maximum atomic E-state index is 12.2. The van der Waals surface area contributed by atoms with Crippen LogP contribution in [-0.4, -0.2) is 49.4 Å². The van der Waals surface area contributed by atoms with Crippen LogP contribution in [0.2, 0.25) is 18.1 Å². The summed E-state index contributed by atoms with van der Waals surface area (Å²) in [5.74, 6) is -0.355. The van der Waals surface area contributed by atoms with Gasteiger partial charge in [-0.3, -0.25) is 0 Å². The number of epoxide rings is 1. The van der Waals surface area contributed by atoms with Crippen molar-refractivity contribution in [2.24, 2.45) is 0 Å². The first-order valence-electron chi connectivity index (χ1n) is 6.83. The first kappa shape index (κ1) is 13.5. The van der Waals surface area contributed by atoms with E-state index >= 15 is 0 Å². The minimum atomic E-state index is -2.10. The first-order chi connectivity index (χ1) is 8.58. The standard InChI is InChI=1S/C13H22O5Si/c1-12(2,3)19(4,5)18-13-6-7(16-11(13)15)8(14)9-10(13)17-9/h7-10,14H,6H2,1-5H3/t7-,8+,9+,10+,13-/m1/s1. The van der Waals surface area contributed by atoms with Gasteiger partial charge in [-0.05, 0) is 18.1 Å². The number of ether oxygens (including phenoxy) is 2. The normalized spacial score (nSPS) is 44.8. The number of hydrogen-bond acceptors (Lipinski definition) is 5. The molecule has 3 rings (SSSR count). The number of rotatable bonds is 2.